The predicted octanol–water partition coefficient (Wildman–Crippen LogP) is 4.61. The molecule has 1 heterocycles. The van der Waals surface area contributed by atoms with Gasteiger partial charge < -0.3 is 4.74 Å². The molecule has 0 bridgehead atoms. The molecule has 0 aliphatic carbocycles. The second-order valence-electron chi connectivity index (χ2n) is 6.21. The standard InChI is InChI=1S/C20H20FNO4S2/c1-4-28(24,25)22(12-14-9-10-16(21)17(11-14)26-3)20-19(13(2)23)15-7-5-6-8-18(15)27-20/h5-11H,4,12H2,1-3H3. The second kappa shape index (κ2) is 7.89. The van der Waals surface area contributed by atoms with E-state index < -0.39 is 15.8 Å². The first-order valence-electron chi connectivity index (χ1n) is 8.63. The number of halogens is 1. The van der Waals surface area contributed by atoms with Gasteiger partial charge in [0.2, 0.25) is 10.0 Å². The summed E-state index contributed by atoms with van der Waals surface area (Å²) in [5, 5.41) is 1.10. The summed E-state index contributed by atoms with van der Waals surface area (Å²) in [7, 11) is -2.34. The van der Waals surface area contributed by atoms with E-state index in [1.54, 1.807) is 6.92 Å². The molecular weight excluding hydrogens is 401 g/mol. The average molecular weight is 422 g/mol. The molecule has 28 heavy (non-hydrogen) atoms. The number of anilines is 1. The summed E-state index contributed by atoms with van der Waals surface area (Å²) in [6, 6.07) is 11.5. The Morgan fingerprint density at radius 2 is 1.93 bits per heavy atom. The van der Waals surface area contributed by atoms with Gasteiger partial charge in [-0.1, -0.05) is 24.3 Å². The third-order valence-corrected chi connectivity index (χ3v) is 7.42. The molecule has 0 saturated heterocycles. The zero-order valence-electron chi connectivity index (χ0n) is 15.7. The van der Waals surface area contributed by atoms with Gasteiger partial charge in [0.25, 0.3) is 0 Å². The van der Waals surface area contributed by atoms with Gasteiger partial charge in [-0.05, 0) is 37.6 Å². The van der Waals surface area contributed by atoms with Gasteiger partial charge in [-0.3, -0.25) is 9.10 Å². The molecule has 0 unspecified atom stereocenters. The minimum atomic E-state index is -3.69. The van der Waals surface area contributed by atoms with Gasteiger partial charge in [-0.15, -0.1) is 11.3 Å². The number of benzene rings is 2. The van der Waals surface area contributed by atoms with Crippen molar-refractivity contribution >= 4 is 42.2 Å². The summed E-state index contributed by atoms with van der Waals surface area (Å²) in [6.45, 7) is 2.95. The van der Waals surface area contributed by atoms with Crippen molar-refractivity contribution in [2.24, 2.45) is 0 Å². The van der Waals surface area contributed by atoms with Crippen LogP contribution in [0.3, 0.4) is 0 Å². The summed E-state index contributed by atoms with van der Waals surface area (Å²) in [4.78, 5) is 12.4. The number of Topliss-reactive ketones (excluding diaryl/α,β-unsaturated/α-hetero) is 1. The fraction of sp³-hybridized carbons (Fsp3) is 0.250. The SMILES string of the molecule is CCS(=O)(=O)N(Cc1ccc(F)c(OC)c1)c1sc2ccccc2c1C(C)=O. The van der Waals surface area contributed by atoms with Gasteiger partial charge >= 0.3 is 0 Å². The number of nitrogens with zero attached hydrogens (tertiary/aromatic N) is 1. The number of ketones is 1. The molecule has 0 N–H and O–H groups in total. The predicted molar refractivity (Wildman–Crippen MR) is 110 cm³/mol. The molecule has 3 rings (SSSR count). The van der Waals surface area contributed by atoms with Crippen molar-refractivity contribution in [1.82, 2.24) is 0 Å². The highest BCUT2D eigenvalue weighted by molar-refractivity contribution is 7.92. The monoisotopic (exact) mass is 421 g/mol. The van der Waals surface area contributed by atoms with Crippen molar-refractivity contribution < 1.29 is 22.3 Å². The largest absolute Gasteiger partial charge is 0.494 e. The van der Waals surface area contributed by atoms with Crippen LogP contribution in [0.2, 0.25) is 0 Å². The topological polar surface area (TPSA) is 63.7 Å². The van der Waals surface area contributed by atoms with Crippen LogP contribution in [-0.4, -0.2) is 27.1 Å². The first-order chi connectivity index (χ1) is 13.3. The van der Waals surface area contributed by atoms with Crippen LogP contribution in [-0.2, 0) is 16.6 Å². The molecule has 0 aliphatic rings. The maximum absolute atomic E-state index is 13.7. The third-order valence-electron chi connectivity index (χ3n) is 4.40. The van der Waals surface area contributed by atoms with Crippen molar-refractivity contribution in [3.8, 4) is 5.75 Å². The van der Waals surface area contributed by atoms with Crippen LogP contribution in [0.15, 0.2) is 42.5 Å². The Labute approximate surface area is 167 Å². The van der Waals surface area contributed by atoms with E-state index in [0.29, 0.717) is 16.1 Å². The number of ether oxygens (including phenoxy) is 1. The lowest BCUT2D eigenvalue weighted by Crippen LogP contribution is -2.32. The van der Waals surface area contributed by atoms with Crippen LogP contribution < -0.4 is 9.04 Å². The van der Waals surface area contributed by atoms with Gasteiger partial charge in [0.15, 0.2) is 17.3 Å². The zero-order chi connectivity index (χ0) is 20.5. The van der Waals surface area contributed by atoms with Crippen LogP contribution in [0.1, 0.15) is 29.8 Å². The number of fused-ring (bicyclic) bond motifs is 1. The highest BCUT2D eigenvalue weighted by Crippen LogP contribution is 2.40. The smallest absolute Gasteiger partial charge is 0.235 e. The molecule has 0 aliphatic heterocycles. The van der Waals surface area contributed by atoms with Crippen molar-refractivity contribution in [2.75, 3.05) is 17.2 Å². The van der Waals surface area contributed by atoms with Gasteiger partial charge in [0, 0.05) is 10.1 Å². The van der Waals surface area contributed by atoms with Crippen LogP contribution in [0.4, 0.5) is 9.39 Å². The van der Waals surface area contributed by atoms with E-state index in [4.69, 9.17) is 4.74 Å². The minimum Gasteiger partial charge on any atom is -0.494 e. The number of hydrogen-bond acceptors (Lipinski definition) is 5. The van der Waals surface area contributed by atoms with Crippen molar-refractivity contribution in [2.45, 2.75) is 20.4 Å². The van der Waals surface area contributed by atoms with E-state index in [2.05, 4.69) is 0 Å². The van der Waals surface area contributed by atoms with Crippen molar-refractivity contribution in [3.05, 3.63) is 59.4 Å². The van der Waals surface area contributed by atoms with Crippen LogP contribution >= 0.6 is 11.3 Å². The molecule has 0 atom stereocenters. The summed E-state index contributed by atoms with van der Waals surface area (Å²) in [5.41, 5.74) is 0.939. The lowest BCUT2D eigenvalue weighted by Gasteiger charge is -2.23. The Hall–Kier alpha value is -2.45. The Kier molecular flexibility index (Phi) is 5.71. The summed E-state index contributed by atoms with van der Waals surface area (Å²) < 4.78 is 46.6. The molecule has 0 radical (unpaired) electrons. The first kappa shape index (κ1) is 20.3. The fourth-order valence-corrected chi connectivity index (χ4v) is 5.58. The lowest BCUT2D eigenvalue weighted by molar-refractivity contribution is 0.102. The minimum absolute atomic E-state index is 0.0279. The molecule has 0 spiro atoms. The number of methoxy groups -OCH3 is 1. The van der Waals surface area contributed by atoms with Crippen molar-refractivity contribution in [3.63, 3.8) is 0 Å². The fourth-order valence-electron chi connectivity index (χ4n) is 2.97. The molecule has 0 fully saturated rings. The number of thiophene rings is 1. The van der Waals surface area contributed by atoms with Gasteiger partial charge in [0.1, 0.15) is 5.00 Å². The molecule has 3 aromatic rings. The summed E-state index contributed by atoms with van der Waals surface area (Å²) in [5.74, 6) is -0.825. The highest BCUT2D eigenvalue weighted by Gasteiger charge is 2.28. The number of sulfonamides is 1. The number of carbonyl (C=O) groups excluding carboxylic acids is 1. The van der Waals surface area contributed by atoms with Gasteiger partial charge in [0.05, 0.1) is 25.0 Å². The maximum atomic E-state index is 13.7. The normalized spacial score (nSPS) is 11.6. The van der Waals surface area contributed by atoms with E-state index in [0.717, 1.165) is 10.1 Å². The summed E-state index contributed by atoms with van der Waals surface area (Å²) >= 11 is 1.26. The Morgan fingerprint density at radius 3 is 2.57 bits per heavy atom. The summed E-state index contributed by atoms with van der Waals surface area (Å²) in [6.07, 6.45) is 0. The molecule has 8 heteroatoms. The van der Waals surface area contributed by atoms with Gasteiger partial charge in [-0.2, -0.15) is 0 Å². The number of hydrogen-bond donors (Lipinski definition) is 0. The Balaban J connectivity index is 2.19. The molecule has 2 aromatic carbocycles. The second-order valence-corrected chi connectivity index (χ2v) is 9.42. The van der Waals surface area contributed by atoms with Crippen LogP contribution in [0.5, 0.6) is 5.75 Å². The van der Waals surface area contributed by atoms with E-state index in [-0.39, 0.29) is 23.8 Å². The molecule has 5 nitrogen and oxygen atoms in total. The molecule has 1 aromatic heterocycles. The van der Waals surface area contributed by atoms with Crippen LogP contribution in [0, 0.1) is 5.82 Å². The zero-order valence-corrected chi connectivity index (χ0v) is 17.4. The molecule has 0 saturated carbocycles. The number of rotatable bonds is 7. The third kappa shape index (κ3) is 3.74. The maximum Gasteiger partial charge on any atom is 0.235 e. The van der Waals surface area contributed by atoms with E-state index >= 15 is 0 Å². The Bertz CT molecular complexity index is 1140. The lowest BCUT2D eigenvalue weighted by atomic mass is 10.1. The Morgan fingerprint density at radius 1 is 1.21 bits per heavy atom. The molecule has 148 valence electrons. The quantitative estimate of drug-likeness (QED) is 0.523. The van der Waals surface area contributed by atoms with E-state index in [9.17, 15) is 17.6 Å². The molecular formula is C20H20FNO4S2. The van der Waals surface area contributed by atoms with E-state index in [1.807, 2.05) is 24.3 Å². The number of carbonyl (C=O) groups is 1. The average Bonchev–Trinajstić information content (AvgIpc) is 3.06. The van der Waals surface area contributed by atoms with E-state index in [1.165, 1.54) is 47.9 Å². The first-order valence-corrected chi connectivity index (χ1v) is 11.1. The highest BCUT2D eigenvalue weighted by atomic mass is 32.2. The van der Waals surface area contributed by atoms with Crippen LogP contribution in [0.25, 0.3) is 10.1 Å². The van der Waals surface area contributed by atoms with Gasteiger partial charge in [-0.25, -0.2) is 12.8 Å². The molecule has 0 amide bonds. The van der Waals surface area contributed by atoms with Crippen molar-refractivity contribution in [1.29, 1.82) is 0 Å².